The normalized spacial score (nSPS) is 12.9. The summed E-state index contributed by atoms with van der Waals surface area (Å²) in [5, 5.41) is 0.676. The van der Waals surface area contributed by atoms with Gasteiger partial charge >= 0.3 is 0 Å². The van der Waals surface area contributed by atoms with E-state index in [9.17, 15) is 0 Å². The number of rotatable bonds is 5. The van der Waals surface area contributed by atoms with Crippen molar-refractivity contribution >= 4 is 27.5 Å². The van der Waals surface area contributed by atoms with Crippen LogP contribution < -0.4 is 4.74 Å². The highest BCUT2D eigenvalue weighted by molar-refractivity contribution is 9.09. The molecule has 16 heavy (non-hydrogen) atoms. The van der Waals surface area contributed by atoms with Crippen molar-refractivity contribution < 1.29 is 4.74 Å². The number of alkyl halides is 1. The van der Waals surface area contributed by atoms with Crippen molar-refractivity contribution in [3.63, 3.8) is 0 Å². The minimum atomic E-state index is 0.367. The van der Waals surface area contributed by atoms with Gasteiger partial charge < -0.3 is 4.74 Å². The highest BCUT2D eigenvalue weighted by Crippen LogP contribution is 2.37. The van der Waals surface area contributed by atoms with Crippen LogP contribution in [0.2, 0.25) is 5.02 Å². The molecular formula is C13H18BrClO. The SMILES string of the molecule is CCC(CC)C(Br)c1ccc(OC)c(Cl)c1. The zero-order chi connectivity index (χ0) is 12.1. The van der Waals surface area contributed by atoms with E-state index in [0.29, 0.717) is 15.8 Å². The molecule has 0 amide bonds. The fourth-order valence-corrected chi connectivity index (χ4v) is 3.13. The Kier molecular flexibility index (Phi) is 5.63. The molecule has 90 valence electrons. The van der Waals surface area contributed by atoms with Gasteiger partial charge in [-0.15, -0.1) is 0 Å². The molecule has 0 saturated carbocycles. The van der Waals surface area contributed by atoms with Crippen molar-refractivity contribution in [2.24, 2.45) is 5.92 Å². The molecule has 0 radical (unpaired) electrons. The molecule has 0 aromatic heterocycles. The summed E-state index contributed by atoms with van der Waals surface area (Å²) in [7, 11) is 1.63. The number of halogens is 2. The van der Waals surface area contributed by atoms with E-state index in [-0.39, 0.29) is 0 Å². The Morgan fingerprint density at radius 2 is 1.94 bits per heavy atom. The molecule has 0 fully saturated rings. The molecule has 3 heteroatoms. The fraction of sp³-hybridized carbons (Fsp3) is 0.538. The van der Waals surface area contributed by atoms with Crippen molar-refractivity contribution in [1.82, 2.24) is 0 Å². The van der Waals surface area contributed by atoms with Crippen LogP contribution in [0.25, 0.3) is 0 Å². The lowest BCUT2D eigenvalue weighted by molar-refractivity contribution is 0.414. The molecule has 0 aliphatic rings. The summed E-state index contributed by atoms with van der Waals surface area (Å²) < 4.78 is 5.15. The average molecular weight is 306 g/mol. The molecule has 0 bridgehead atoms. The van der Waals surface area contributed by atoms with Crippen LogP contribution >= 0.6 is 27.5 Å². The molecule has 0 aliphatic heterocycles. The number of hydrogen-bond donors (Lipinski definition) is 0. The highest BCUT2D eigenvalue weighted by Gasteiger charge is 2.18. The smallest absolute Gasteiger partial charge is 0.137 e. The maximum atomic E-state index is 6.12. The minimum Gasteiger partial charge on any atom is -0.495 e. The molecule has 0 aliphatic carbocycles. The maximum Gasteiger partial charge on any atom is 0.137 e. The van der Waals surface area contributed by atoms with Crippen LogP contribution in [0.15, 0.2) is 18.2 Å². The van der Waals surface area contributed by atoms with Crippen LogP contribution in [0.4, 0.5) is 0 Å². The van der Waals surface area contributed by atoms with E-state index < -0.39 is 0 Å². The third kappa shape index (κ3) is 3.14. The third-order valence-electron chi connectivity index (χ3n) is 2.96. The van der Waals surface area contributed by atoms with Crippen molar-refractivity contribution in [3.8, 4) is 5.75 Å². The second-order valence-corrected chi connectivity index (χ2v) is 5.27. The molecule has 0 heterocycles. The first-order valence-electron chi connectivity index (χ1n) is 5.61. The molecule has 1 aromatic rings. The van der Waals surface area contributed by atoms with E-state index >= 15 is 0 Å². The zero-order valence-electron chi connectivity index (χ0n) is 9.97. The second-order valence-electron chi connectivity index (χ2n) is 3.87. The first kappa shape index (κ1) is 13.9. The quantitative estimate of drug-likeness (QED) is 0.678. The summed E-state index contributed by atoms with van der Waals surface area (Å²) in [4.78, 5) is 0.367. The van der Waals surface area contributed by atoms with Crippen LogP contribution in [0.1, 0.15) is 37.1 Å². The van der Waals surface area contributed by atoms with Crippen molar-refractivity contribution in [2.75, 3.05) is 7.11 Å². The summed E-state index contributed by atoms with van der Waals surface area (Å²) in [6.07, 6.45) is 2.33. The molecule has 1 aromatic carbocycles. The standard InChI is InChI=1S/C13H18BrClO/c1-4-9(5-2)13(14)10-6-7-12(16-3)11(15)8-10/h6-9,13H,4-5H2,1-3H3. The zero-order valence-corrected chi connectivity index (χ0v) is 12.3. The second kappa shape index (κ2) is 6.51. The van der Waals surface area contributed by atoms with Gasteiger partial charge in [-0.1, -0.05) is 60.3 Å². The van der Waals surface area contributed by atoms with E-state index in [1.807, 2.05) is 12.1 Å². The van der Waals surface area contributed by atoms with E-state index in [0.717, 1.165) is 18.6 Å². The molecule has 1 atom stereocenters. The lowest BCUT2D eigenvalue weighted by Gasteiger charge is -2.20. The van der Waals surface area contributed by atoms with E-state index in [2.05, 4.69) is 35.8 Å². The summed E-state index contributed by atoms with van der Waals surface area (Å²) in [5.41, 5.74) is 1.22. The van der Waals surface area contributed by atoms with Gasteiger partial charge in [-0.05, 0) is 23.6 Å². The van der Waals surface area contributed by atoms with Crippen LogP contribution in [-0.2, 0) is 0 Å². The molecular weight excluding hydrogens is 287 g/mol. The Labute approximate surface area is 111 Å². The number of ether oxygens (including phenoxy) is 1. The lowest BCUT2D eigenvalue weighted by Crippen LogP contribution is -2.05. The molecule has 0 N–H and O–H groups in total. The number of methoxy groups -OCH3 is 1. The monoisotopic (exact) mass is 304 g/mol. The average Bonchev–Trinajstić information content (AvgIpc) is 2.30. The number of benzene rings is 1. The topological polar surface area (TPSA) is 9.23 Å². The van der Waals surface area contributed by atoms with Crippen LogP contribution in [0.5, 0.6) is 5.75 Å². The minimum absolute atomic E-state index is 0.367. The van der Waals surface area contributed by atoms with Gasteiger partial charge in [0, 0.05) is 4.83 Å². The Bertz CT molecular complexity index is 337. The first-order valence-corrected chi connectivity index (χ1v) is 6.90. The van der Waals surface area contributed by atoms with Gasteiger partial charge in [-0.2, -0.15) is 0 Å². The highest BCUT2D eigenvalue weighted by atomic mass is 79.9. The van der Waals surface area contributed by atoms with E-state index in [1.165, 1.54) is 5.56 Å². The molecule has 1 nitrogen and oxygen atoms in total. The summed E-state index contributed by atoms with van der Waals surface area (Å²) in [5.74, 6) is 1.37. The summed E-state index contributed by atoms with van der Waals surface area (Å²) in [6, 6.07) is 5.98. The van der Waals surface area contributed by atoms with Gasteiger partial charge in [-0.3, -0.25) is 0 Å². The predicted molar refractivity (Wildman–Crippen MR) is 73.7 cm³/mol. The van der Waals surface area contributed by atoms with E-state index in [4.69, 9.17) is 16.3 Å². The molecule has 0 saturated heterocycles. The number of hydrogen-bond acceptors (Lipinski definition) is 1. The van der Waals surface area contributed by atoms with Crippen LogP contribution in [0.3, 0.4) is 0 Å². The van der Waals surface area contributed by atoms with Gasteiger partial charge in [0.05, 0.1) is 12.1 Å². The van der Waals surface area contributed by atoms with Crippen LogP contribution in [0, 0.1) is 5.92 Å². The maximum absolute atomic E-state index is 6.12. The fourth-order valence-electron chi connectivity index (χ4n) is 1.83. The van der Waals surface area contributed by atoms with Gasteiger partial charge in [0.2, 0.25) is 0 Å². The third-order valence-corrected chi connectivity index (χ3v) is 4.53. The van der Waals surface area contributed by atoms with Crippen molar-refractivity contribution in [2.45, 2.75) is 31.5 Å². The van der Waals surface area contributed by atoms with Crippen molar-refractivity contribution in [3.05, 3.63) is 28.8 Å². The predicted octanol–water partition coefficient (Wildman–Crippen LogP) is 5.22. The Morgan fingerprint density at radius 3 is 2.38 bits per heavy atom. The molecule has 1 rings (SSSR count). The van der Waals surface area contributed by atoms with Gasteiger partial charge in [0.15, 0.2) is 0 Å². The van der Waals surface area contributed by atoms with Crippen molar-refractivity contribution in [1.29, 1.82) is 0 Å². The first-order chi connectivity index (χ1) is 7.63. The van der Waals surface area contributed by atoms with Gasteiger partial charge in [0.25, 0.3) is 0 Å². The van der Waals surface area contributed by atoms with Gasteiger partial charge in [0.1, 0.15) is 5.75 Å². The van der Waals surface area contributed by atoms with Gasteiger partial charge in [-0.25, -0.2) is 0 Å². The Morgan fingerprint density at radius 1 is 1.31 bits per heavy atom. The largest absolute Gasteiger partial charge is 0.495 e. The molecule has 0 spiro atoms. The van der Waals surface area contributed by atoms with Crippen LogP contribution in [-0.4, -0.2) is 7.11 Å². The molecule has 1 unspecified atom stereocenters. The summed E-state index contributed by atoms with van der Waals surface area (Å²) in [6.45, 7) is 4.43. The summed E-state index contributed by atoms with van der Waals surface area (Å²) >= 11 is 9.87. The Hall–Kier alpha value is -0.210. The lowest BCUT2D eigenvalue weighted by atomic mass is 9.94. The van der Waals surface area contributed by atoms with E-state index in [1.54, 1.807) is 7.11 Å². The Balaban J connectivity index is 2.91.